The topological polar surface area (TPSA) is 73.8 Å². The van der Waals surface area contributed by atoms with Gasteiger partial charge in [-0.2, -0.15) is 5.10 Å². The molecule has 7 heteroatoms. The third-order valence-corrected chi connectivity index (χ3v) is 4.95. The van der Waals surface area contributed by atoms with Crippen molar-refractivity contribution >= 4 is 41.0 Å². The highest BCUT2D eigenvalue weighted by Gasteiger charge is 2.09. The van der Waals surface area contributed by atoms with Gasteiger partial charge in [0.25, 0.3) is 0 Å². The Labute approximate surface area is 176 Å². The first-order valence-corrected chi connectivity index (χ1v) is 10.0. The van der Waals surface area contributed by atoms with Crippen LogP contribution in [0, 0.1) is 6.92 Å². The van der Waals surface area contributed by atoms with Crippen LogP contribution in [0.2, 0.25) is 5.02 Å². The molecule has 0 aliphatic carbocycles. The first-order chi connectivity index (χ1) is 13.9. The summed E-state index contributed by atoms with van der Waals surface area (Å²) < 4.78 is 0. The Morgan fingerprint density at radius 3 is 2.34 bits per heavy atom. The first kappa shape index (κ1) is 22.4. The molecule has 2 amide bonds. The zero-order chi connectivity index (χ0) is 21.2. The maximum atomic E-state index is 12.0. The van der Waals surface area contributed by atoms with Crippen molar-refractivity contribution in [1.29, 1.82) is 0 Å². The molecule has 0 radical (unpaired) electrons. The van der Waals surface area contributed by atoms with E-state index in [1.165, 1.54) is 0 Å². The van der Waals surface area contributed by atoms with E-state index in [0.29, 0.717) is 10.7 Å². The molecule has 0 fully saturated rings. The quantitative estimate of drug-likeness (QED) is 0.472. The lowest BCUT2D eigenvalue weighted by molar-refractivity contribution is -0.124. The van der Waals surface area contributed by atoms with E-state index in [4.69, 9.17) is 11.6 Å². The molecule has 154 valence electrons. The van der Waals surface area contributed by atoms with Crippen LogP contribution in [0.5, 0.6) is 0 Å². The summed E-state index contributed by atoms with van der Waals surface area (Å²) in [5.74, 6) is -0.569. The molecule has 0 aliphatic rings. The number of hydrogen-bond acceptors (Lipinski definition) is 4. The van der Waals surface area contributed by atoms with Gasteiger partial charge in [0.2, 0.25) is 11.8 Å². The third-order valence-electron chi connectivity index (χ3n) is 4.55. The van der Waals surface area contributed by atoms with E-state index in [9.17, 15) is 9.59 Å². The largest absolute Gasteiger partial charge is 0.372 e. The van der Waals surface area contributed by atoms with Crippen molar-refractivity contribution in [2.45, 2.75) is 33.6 Å². The molecule has 2 aromatic rings. The fraction of sp³-hybridized carbons (Fsp3) is 0.318. The SMILES string of the molecule is CCN(CC)c1ccc(/C=N\NC(=O)CCC(=O)Nc2cccc(Cl)c2C)cc1. The van der Waals surface area contributed by atoms with Gasteiger partial charge in [-0.15, -0.1) is 0 Å². The fourth-order valence-electron chi connectivity index (χ4n) is 2.78. The summed E-state index contributed by atoms with van der Waals surface area (Å²) in [7, 11) is 0. The van der Waals surface area contributed by atoms with Crippen LogP contribution in [0.3, 0.4) is 0 Å². The lowest BCUT2D eigenvalue weighted by Gasteiger charge is -2.20. The molecule has 6 nitrogen and oxygen atoms in total. The molecule has 0 saturated heterocycles. The number of carbonyl (C=O) groups excluding carboxylic acids is 2. The molecule has 0 aliphatic heterocycles. The minimum atomic E-state index is -0.320. The molecular formula is C22H27ClN4O2. The smallest absolute Gasteiger partial charge is 0.240 e. The molecule has 0 atom stereocenters. The van der Waals surface area contributed by atoms with Crippen molar-refractivity contribution in [3.63, 3.8) is 0 Å². The molecule has 2 N–H and O–H groups in total. The van der Waals surface area contributed by atoms with Gasteiger partial charge in [-0.25, -0.2) is 5.43 Å². The van der Waals surface area contributed by atoms with Crippen LogP contribution in [0.15, 0.2) is 47.6 Å². The molecule has 2 rings (SSSR count). The zero-order valence-electron chi connectivity index (χ0n) is 17.0. The molecule has 0 saturated carbocycles. The molecule has 0 spiro atoms. The Morgan fingerprint density at radius 1 is 1.03 bits per heavy atom. The van der Waals surface area contributed by atoms with Gasteiger partial charge < -0.3 is 10.2 Å². The van der Waals surface area contributed by atoms with Crippen LogP contribution in [0.4, 0.5) is 11.4 Å². The van der Waals surface area contributed by atoms with Crippen molar-refractivity contribution in [2.75, 3.05) is 23.3 Å². The average molecular weight is 415 g/mol. The van der Waals surface area contributed by atoms with E-state index < -0.39 is 0 Å². The fourth-order valence-corrected chi connectivity index (χ4v) is 2.95. The molecule has 0 heterocycles. The number of nitrogens with zero attached hydrogens (tertiary/aromatic N) is 2. The second kappa shape index (κ2) is 11.2. The molecule has 29 heavy (non-hydrogen) atoms. The summed E-state index contributed by atoms with van der Waals surface area (Å²) in [4.78, 5) is 26.2. The monoisotopic (exact) mass is 414 g/mol. The number of hydrazone groups is 1. The Hall–Kier alpha value is -2.86. The normalized spacial score (nSPS) is 10.8. The van der Waals surface area contributed by atoms with E-state index in [0.717, 1.165) is 29.9 Å². The van der Waals surface area contributed by atoms with Crippen LogP contribution in [0.25, 0.3) is 0 Å². The summed E-state index contributed by atoms with van der Waals surface area (Å²) in [5.41, 5.74) is 5.93. The van der Waals surface area contributed by atoms with Gasteiger partial charge in [0.05, 0.1) is 6.21 Å². The maximum absolute atomic E-state index is 12.0. The summed E-state index contributed by atoms with van der Waals surface area (Å²) in [6.45, 7) is 7.96. The lowest BCUT2D eigenvalue weighted by atomic mass is 10.2. The average Bonchev–Trinajstić information content (AvgIpc) is 2.72. The van der Waals surface area contributed by atoms with Crippen LogP contribution >= 0.6 is 11.6 Å². The lowest BCUT2D eigenvalue weighted by Crippen LogP contribution is -2.21. The first-order valence-electron chi connectivity index (χ1n) is 9.66. The summed E-state index contributed by atoms with van der Waals surface area (Å²) >= 11 is 6.04. The zero-order valence-corrected chi connectivity index (χ0v) is 17.8. The molecule has 0 bridgehead atoms. The van der Waals surface area contributed by atoms with Gasteiger partial charge in [0.15, 0.2) is 0 Å². The van der Waals surface area contributed by atoms with E-state index in [1.54, 1.807) is 24.4 Å². The van der Waals surface area contributed by atoms with Gasteiger partial charge in [-0.05, 0) is 56.2 Å². The number of hydrogen-bond donors (Lipinski definition) is 2. The van der Waals surface area contributed by atoms with Crippen molar-refractivity contribution in [3.05, 3.63) is 58.6 Å². The number of carbonyl (C=O) groups is 2. The number of anilines is 2. The van der Waals surface area contributed by atoms with Crippen molar-refractivity contribution in [1.82, 2.24) is 5.43 Å². The van der Waals surface area contributed by atoms with E-state index in [2.05, 4.69) is 34.6 Å². The number of nitrogens with one attached hydrogen (secondary N) is 2. The minimum absolute atomic E-state index is 0.0453. The molecule has 0 unspecified atom stereocenters. The summed E-state index contributed by atoms with van der Waals surface area (Å²) in [6, 6.07) is 13.2. The molecule has 0 aromatic heterocycles. The van der Waals surface area contributed by atoms with E-state index >= 15 is 0 Å². The van der Waals surface area contributed by atoms with Crippen LogP contribution in [-0.2, 0) is 9.59 Å². The summed E-state index contributed by atoms with van der Waals surface area (Å²) in [5, 5.41) is 7.31. The van der Waals surface area contributed by atoms with Gasteiger partial charge in [0, 0.05) is 42.3 Å². The Balaban J connectivity index is 1.77. The number of rotatable bonds is 9. The van der Waals surface area contributed by atoms with Gasteiger partial charge in [-0.3, -0.25) is 9.59 Å². The highest BCUT2D eigenvalue weighted by molar-refractivity contribution is 6.31. The van der Waals surface area contributed by atoms with Crippen molar-refractivity contribution in [3.8, 4) is 0 Å². The second-order valence-corrected chi connectivity index (χ2v) is 6.92. The number of halogens is 1. The molecular weight excluding hydrogens is 388 g/mol. The Morgan fingerprint density at radius 2 is 1.69 bits per heavy atom. The van der Waals surface area contributed by atoms with Crippen LogP contribution < -0.4 is 15.6 Å². The minimum Gasteiger partial charge on any atom is -0.372 e. The van der Waals surface area contributed by atoms with Gasteiger partial charge >= 0.3 is 0 Å². The highest BCUT2D eigenvalue weighted by atomic mass is 35.5. The predicted octanol–water partition coefficient (Wildman–Crippen LogP) is 4.36. The van der Waals surface area contributed by atoms with Crippen molar-refractivity contribution < 1.29 is 9.59 Å². The number of amides is 2. The molecule has 2 aromatic carbocycles. The summed E-state index contributed by atoms with van der Waals surface area (Å²) in [6.07, 6.45) is 1.69. The highest BCUT2D eigenvalue weighted by Crippen LogP contribution is 2.23. The maximum Gasteiger partial charge on any atom is 0.240 e. The Bertz CT molecular complexity index is 862. The Kier molecular flexibility index (Phi) is 8.68. The third kappa shape index (κ3) is 6.91. The van der Waals surface area contributed by atoms with Gasteiger partial charge in [-0.1, -0.05) is 29.8 Å². The van der Waals surface area contributed by atoms with Crippen molar-refractivity contribution in [2.24, 2.45) is 5.10 Å². The second-order valence-electron chi connectivity index (χ2n) is 6.52. The van der Waals surface area contributed by atoms with Crippen LogP contribution in [-0.4, -0.2) is 31.1 Å². The van der Waals surface area contributed by atoms with Crippen LogP contribution in [0.1, 0.15) is 37.8 Å². The van der Waals surface area contributed by atoms with Gasteiger partial charge in [0.1, 0.15) is 0 Å². The predicted molar refractivity (Wildman–Crippen MR) is 120 cm³/mol. The number of benzene rings is 2. The van der Waals surface area contributed by atoms with E-state index in [-0.39, 0.29) is 24.7 Å². The van der Waals surface area contributed by atoms with E-state index in [1.807, 2.05) is 31.2 Å². The standard InChI is InChI=1S/C22H27ClN4O2/c1-4-27(5-2)18-11-9-17(10-12-18)15-24-26-22(29)14-13-21(28)25-20-8-6-7-19(23)16(20)3/h6-12,15H,4-5,13-14H2,1-3H3,(H,25,28)(H,26,29)/b24-15-.